The fraction of sp³-hybridized carbons (Fsp3) is 0.111. The molecule has 0 aliphatic rings. The highest BCUT2D eigenvalue weighted by Gasteiger charge is 2.29. The number of rotatable bonds is 8. The van der Waals surface area contributed by atoms with Crippen LogP contribution in [0.25, 0.3) is 76.5 Å². The predicted octanol–water partition coefficient (Wildman–Crippen LogP) is 13.5. The van der Waals surface area contributed by atoms with Crippen molar-refractivity contribution in [3.8, 4) is 0 Å². The second-order valence-electron chi connectivity index (χ2n) is 16.8. The Kier molecular flexibility index (Phi) is 8.62. The minimum atomic E-state index is 0.189. The van der Waals surface area contributed by atoms with Crippen LogP contribution in [0.15, 0.2) is 159 Å². The molecule has 0 bridgehead atoms. The maximum Gasteiger partial charge on any atom is 0.113 e. The van der Waals surface area contributed by atoms with Gasteiger partial charge in [-0.05, 0) is 105 Å². The largest absolute Gasteiger partial charge is 0.305 e. The number of fused-ring (bicyclic) bond motifs is 4. The summed E-state index contributed by atoms with van der Waals surface area (Å²) in [4.78, 5) is 43.5. The first-order valence-electron chi connectivity index (χ1n) is 21.6. The summed E-state index contributed by atoms with van der Waals surface area (Å²) >= 11 is 0. The average Bonchev–Trinajstić information content (AvgIpc) is 3.34. The van der Waals surface area contributed by atoms with Crippen LogP contribution < -0.4 is 9.80 Å². The summed E-state index contributed by atoms with van der Waals surface area (Å²) in [6.07, 6.45) is 14.0. The van der Waals surface area contributed by atoms with Gasteiger partial charge in [-0.2, -0.15) is 0 Å². The van der Waals surface area contributed by atoms with Crippen molar-refractivity contribution in [1.82, 2.24) is 39.9 Å². The highest BCUT2D eigenvalue weighted by molar-refractivity contribution is 6.30. The summed E-state index contributed by atoms with van der Waals surface area (Å²) in [5.74, 6) is 0.377. The van der Waals surface area contributed by atoms with E-state index in [9.17, 15) is 0 Å². The molecule has 0 N–H and O–H groups in total. The minimum absolute atomic E-state index is 0.189. The number of benzene rings is 8. The van der Waals surface area contributed by atoms with Gasteiger partial charge in [-0.1, -0.05) is 76.2 Å². The molecule has 306 valence electrons. The van der Waals surface area contributed by atoms with Crippen LogP contribution in [0, 0.1) is 0 Å². The number of nitrogens with zero attached hydrogens (tertiary/aromatic N) is 10. The lowest BCUT2D eigenvalue weighted by Crippen LogP contribution is -2.15. The number of aromatic nitrogens is 8. The molecule has 64 heavy (non-hydrogen) atoms. The quantitative estimate of drug-likeness (QED) is 0.137. The number of hydrogen-bond donors (Lipinski definition) is 0. The van der Waals surface area contributed by atoms with Crippen LogP contribution in [-0.2, 0) is 0 Å². The highest BCUT2D eigenvalue weighted by Crippen LogP contribution is 2.52. The molecule has 0 aliphatic heterocycles. The van der Waals surface area contributed by atoms with E-state index in [1.54, 1.807) is 49.6 Å². The maximum absolute atomic E-state index is 4.95. The summed E-state index contributed by atoms with van der Waals surface area (Å²) in [6.45, 7) is 9.12. The van der Waals surface area contributed by atoms with Crippen LogP contribution in [0.3, 0.4) is 0 Å². The first-order chi connectivity index (χ1) is 31.4. The molecule has 10 nitrogen and oxygen atoms in total. The first-order valence-corrected chi connectivity index (χ1v) is 21.6. The van der Waals surface area contributed by atoms with Gasteiger partial charge in [0.25, 0.3) is 0 Å². The van der Waals surface area contributed by atoms with Gasteiger partial charge >= 0.3 is 0 Å². The lowest BCUT2D eigenvalue weighted by molar-refractivity contribution is 0.875. The Morgan fingerprint density at radius 2 is 0.594 bits per heavy atom. The third kappa shape index (κ3) is 5.72. The van der Waals surface area contributed by atoms with Crippen molar-refractivity contribution in [3.63, 3.8) is 0 Å². The van der Waals surface area contributed by atoms with Crippen LogP contribution in [-0.4, -0.2) is 39.9 Å². The molecule has 4 aromatic heterocycles. The Hall–Kier alpha value is -8.24. The van der Waals surface area contributed by atoms with Gasteiger partial charge in [0.1, 0.15) is 22.1 Å². The SMILES string of the molecule is CC(C)c1cc(N(c2cccc3nccnc23)c2cccc3nccnc23)c2ccc3c(C(C)C)cc(N(c4cccc5nccnc45)c4cccc5nccnc45)c4ccc1c2c34. The van der Waals surface area contributed by atoms with Crippen molar-refractivity contribution < 1.29 is 0 Å². The minimum Gasteiger partial charge on any atom is -0.305 e. The van der Waals surface area contributed by atoms with Crippen molar-refractivity contribution in [2.75, 3.05) is 9.80 Å². The van der Waals surface area contributed by atoms with E-state index < -0.39 is 0 Å². The molecule has 0 saturated heterocycles. The van der Waals surface area contributed by atoms with Crippen molar-refractivity contribution in [2.45, 2.75) is 39.5 Å². The van der Waals surface area contributed by atoms with Gasteiger partial charge in [0.2, 0.25) is 0 Å². The standard InChI is InChI=1S/C54H40N10/c1-31(2)37-29-47(63(43-13-5-9-39-51(43)59-25-21-55-39)44-14-6-10-40-52(44)60-26-22-56-40)35-20-18-34-38(32(3)4)30-48(36-19-17-33(37)49(35)50(34)36)64(45-15-7-11-41-53(45)61-27-23-57-41)46-16-8-12-42-54(46)62-28-24-58-42/h5-32H,1-4H3. The summed E-state index contributed by atoms with van der Waals surface area (Å²) in [6, 6.07) is 38.8. The second kappa shape index (κ2) is 14.7. The zero-order chi connectivity index (χ0) is 43.1. The van der Waals surface area contributed by atoms with Crippen LogP contribution in [0.5, 0.6) is 0 Å². The molecule has 0 unspecified atom stereocenters. The molecule has 12 rings (SSSR count). The zero-order valence-electron chi connectivity index (χ0n) is 35.6. The van der Waals surface area contributed by atoms with Gasteiger partial charge in [-0.25, -0.2) is 0 Å². The molecule has 10 heteroatoms. The van der Waals surface area contributed by atoms with Crippen molar-refractivity contribution in [1.29, 1.82) is 0 Å². The van der Waals surface area contributed by atoms with Crippen LogP contribution in [0.4, 0.5) is 34.1 Å². The Balaban J connectivity index is 1.24. The van der Waals surface area contributed by atoms with E-state index in [2.05, 4.69) is 122 Å². The van der Waals surface area contributed by atoms with Gasteiger partial charge in [-0.3, -0.25) is 39.9 Å². The van der Waals surface area contributed by atoms with Crippen LogP contribution in [0.1, 0.15) is 50.7 Å². The van der Waals surface area contributed by atoms with E-state index in [4.69, 9.17) is 39.9 Å². The summed E-state index contributed by atoms with van der Waals surface area (Å²) in [7, 11) is 0. The molecule has 12 aromatic rings. The smallest absolute Gasteiger partial charge is 0.113 e. The van der Waals surface area contributed by atoms with Gasteiger partial charge in [0, 0.05) is 60.3 Å². The van der Waals surface area contributed by atoms with Gasteiger partial charge in [-0.15, -0.1) is 0 Å². The molecule has 0 amide bonds. The molecular weight excluding hydrogens is 789 g/mol. The molecule has 0 radical (unpaired) electrons. The Morgan fingerprint density at radius 3 is 0.891 bits per heavy atom. The third-order valence-corrected chi connectivity index (χ3v) is 12.5. The summed E-state index contributed by atoms with van der Waals surface area (Å²) in [5, 5.41) is 7.02. The van der Waals surface area contributed by atoms with Gasteiger partial charge < -0.3 is 9.80 Å². The zero-order valence-corrected chi connectivity index (χ0v) is 35.6. The van der Waals surface area contributed by atoms with Gasteiger partial charge in [0.05, 0.1) is 56.2 Å². The fourth-order valence-electron chi connectivity index (χ4n) is 9.74. The van der Waals surface area contributed by atoms with E-state index in [1.165, 1.54) is 32.7 Å². The molecule has 0 fully saturated rings. The predicted molar refractivity (Wildman–Crippen MR) is 260 cm³/mol. The molecule has 0 atom stereocenters. The second-order valence-corrected chi connectivity index (χ2v) is 16.8. The van der Waals surface area contributed by atoms with Crippen molar-refractivity contribution in [2.24, 2.45) is 0 Å². The first kappa shape index (κ1) is 37.5. The molecular formula is C54H40N10. The number of anilines is 6. The fourth-order valence-corrected chi connectivity index (χ4v) is 9.74. The molecule has 0 spiro atoms. The van der Waals surface area contributed by atoms with Gasteiger partial charge in [0.15, 0.2) is 0 Å². The third-order valence-electron chi connectivity index (χ3n) is 12.5. The van der Waals surface area contributed by atoms with E-state index in [0.29, 0.717) is 0 Å². The lowest BCUT2D eigenvalue weighted by atomic mass is 9.84. The Morgan fingerprint density at radius 1 is 0.312 bits per heavy atom. The monoisotopic (exact) mass is 828 g/mol. The summed E-state index contributed by atoms with van der Waals surface area (Å²) < 4.78 is 0. The van der Waals surface area contributed by atoms with E-state index >= 15 is 0 Å². The molecule has 4 heterocycles. The van der Waals surface area contributed by atoms with Crippen LogP contribution in [0.2, 0.25) is 0 Å². The maximum atomic E-state index is 4.95. The normalized spacial score (nSPS) is 12.0. The molecule has 8 aromatic carbocycles. The number of hydrogen-bond acceptors (Lipinski definition) is 10. The highest BCUT2D eigenvalue weighted by atomic mass is 15.2. The Labute approximate surface area is 368 Å². The van der Waals surface area contributed by atoms with Crippen LogP contribution >= 0.6 is 0 Å². The topological polar surface area (TPSA) is 110 Å². The molecule has 0 saturated carbocycles. The van der Waals surface area contributed by atoms with Crippen molar-refractivity contribution in [3.05, 3.63) is 170 Å². The Bertz CT molecular complexity index is 3360. The average molecular weight is 829 g/mol. The molecule has 0 aliphatic carbocycles. The summed E-state index contributed by atoms with van der Waals surface area (Å²) in [5.41, 5.74) is 14.5. The van der Waals surface area contributed by atoms with E-state index in [1.807, 2.05) is 24.3 Å². The van der Waals surface area contributed by atoms with Crippen molar-refractivity contribution >= 4 is 111 Å². The van der Waals surface area contributed by atoms with E-state index in [0.717, 1.165) is 89.0 Å². The lowest BCUT2D eigenvalue weighted by Gasteiger charge is -2.32. The number of para-hydroxylation sites is 4. The van der Waals surface area contributed by atoms with E-state index in [-0.39, 0.29) is 11.8 Å².